The first kappa shape index (κ1) is 28.6. The summed E-state index contributed by atoms with van der Waals surface area (Å²) in [5.41, 5.74) is 0.912. The van der Waals surface area contributed by atoms with Gasteiger partial charge in [-0.3, -0.25) is 9.69 Å². The number of aliphatic hydroxyl groups excluding tert-OH is 1. The number of hydrogen-bond donors (Lipinski definition) is 4. The van der Waals surface area contributed by atoms with E-state index in [9.17, 15) is 28.2 Å². The number of amides is 1. The van der Waals surface area contributed by atoms with Crippen molar-refractivity contribution in [2.75, 3.05) is 27.3 Å². The van der Waals surface area contributed by atoms with E-state index in [2.05, 4.69) is 9.62 Å². The molecule has 14 heteroatoms. The number of benzene rings is 1. The van der Waals surface area contributed by atoms with Gasteiger partial charge in [-0.1, -0.05) is 13.0 Å². The fraction of sp³-hybridized carbons (Fsp3) is 0.583. The van der Waals surface area contributed by atoms with Crippen molar-refractivity contribution < 1.29 is 37.7 Å². The number of nitrogens with two attached hydrogens (primary N) is 1. The van der Waals surface area contributed by atoms with E-state index >= 15 is 0 Å². The fourth-order valence-corrected chi connectivity index (χ4v) is 7.73. The first-order valence-electron chi connectivity index (χ1n) is 12.2. The number of nitrogens with one attached hydrogen (secondary N) is 1. The van der Waals surface area contributed by atoms with Gasteiger partial charge in [0.1, 0.15) is 5.70 Å². The largest absolute Gasteiger partial charge is 0.493 e. The zero-order chi connectivity index (χ0) is 27.9. The zero-order valence-electron chi connectivity index (χ0n) is 21.7. The second-order valence-corrected chi connectivity index (χ2v) is 12.6. The van der Waals surface area contributed by atoms with E-state index in [1.165, 1.54) is 16.7 Å². The predicted octanol–water partition coefficient (Wildman–Crippen LogP) is 0.327. The van der Waals surface area contributed by atoms with Gasteiger partial charge in [-0.05, 0) is 31.0 Å². The lowest BCUT2D eigenvalue weighted by Gasteiger charge is -2.46. The molecule has 3 aliphatic rings. The maximum absolute atomic E-state index is 12.7. The highest BCUT2D eigenvalue weighted by molar-refractivity contribution is 8.03. The number of carboxylic acids is 1. The molecule has 0 saturated carbocycles. The third kappa shape index (κ3) is 5.51. The van der Waals surface area contributed by atoms with E-state index in [4.69, 9.17) is 14.6 Å². The molecule has 3 heterocycles. The molecule has 6 atom stereocenters. The molecule has 38 heavy (non-hydrogen) atoms. The molecule has 0 aromatic heterocycles. The van der Waals surface area contributed by atoms with Gasteiger partial charge in [0.25, 0.3) is 10.2 Å². The highest BCUT2D eigenvalue weighted by Crippen LogP contribution is 2.52. The second kappa shape index (κ2) is 11.0. The van der Waals surface area contributed by atoms with Crippen LogP contribution >= 0.6 is 11.8 Å². The van der Waals surface area contributed by atoms with E-state index in [0.717, 1.165) is 5.56 Å². The van der Waals surface area contributed by atoms with E-state index in [1.54, 1.807) is 27.2 Å². The van der Waals surface area contributed by atoms with Gasteiger partial charge in [0.15, 0.2) is 11.5 Å². The Kier molecular flexibility index (Phi) is 8.31. The van der Waals surface area contributed by atoms with Crippen LogP contribution in [-0.2, 0) is 26.3 Å². The molecule has 0 radical (unpaired) electrons. The van der Waals surface area contributed by atoms with Crippen molar-refractivity contribution in [2.45, 2.75) is 50.3 Å². The summed E-state index contributed by atoms with van der Waals surface area (Å²) in [5.74, 6) is -1.25. The third-order valence-corrected chi connectivity index (χ3v) is 9.51. The molecule has 2 saturated heterocycles. The Bertz CT molecular complexity index is 1240. The van der Waals surface area contributed by atoms with Gasteiger partial charge in [0, 0.05) is 41.7 Å². The van der Waals surface area contributed by atoms with Crippen LogP contribution in [0.15, 0.2) is 28.8 Å². The molecule has 0 spiro atoms. The van der Waals surface area contributed by atoms with Gasteiger partial charge < -0.3 is 24.6 Å². The van der Waals surface area contributed by atoms with Crippen LogP contribution in [0.1, 0.15) is 25.8 Å². The van der Waals surface area contributed by atoms with Crippen LogP contribution in [-0.4, -0.2) is 91.1 Å². The van der Waals surface area contributed by atoms with Crippen molar-refractivity contribution in [3.8, 4) is 11.5 Å². The van der Waals surface area contributed by atoms with Gasteiger partial charge in [0.2, 0.25) is 5.91 Å². The molecular formula is C24H34N4O8S2. The maximum Gasteiger partial charge on any atom is 0.353 e. The van der Waals surface area contributed by atoms with Gasteiger partial charge in [-0.2, -0.15) is 8.42 Å². The second-order valence-electron chi connectivity index (χ2n) is 9.91. The molecule has 0 unspecified atom stereocenters. The number of fused-ring (bicyclic) bond motifs is 1. The van der Waals surface area contributed by atoms with Gasteiger partial charge in [-0.15, -0.1) is 11.8 Å². The number of likely N-dealkylation sites (tertiary alicyclic amines) is 1. The van der Waals surface area contributed by atoms with Crippen LogP contribution in [0, 0.1) is 11.8 Å². The summed E-state index contributed by atoms with van der Waals surface area (Å²) >= 11 is 1.42. The number of carbonyl (C=O) groups excluding carboxylic acids is 1. The number of carboxylic acid groups (broad SMARTS) is 1. The SMILES string of the molecule is COc1ccc(CN2C[C@@H](SC3=C(C(=O)O)N4C(=O)[C@H]([C@@H](C)O)[C@H]4[C@H]3C)C[C@H]2CNS(N)(=O)=O)cc1OC. The highest BCUT2D eigenvalue weighted by Gasteiger charge is 2.60. The predicted molar refractivity (Wildman–Crippen MR) is 140 cm³/mol. The zero-order valence-corrected chi connectivity index (χ0v) is 23.3. The molecule has 0 aliphatic carbocycles. The Balaban J connectivity index is 1.56. The van der Waals surface area contributed by atoms with Gasteiger partial charge in [0.05, 0.1) is 32.3 Å². The molecule has 5 N–H and O–H groups in total. The molecule has 1 amide bonds. The Morgan fingerprint density at radius 1 is 1.29 bits per heavy atom. The van der Waals surface area contributed by atoms with Crippen molar-refractivity contribution in [3.05, 3.63) is 34.4 Å². The first-order chi connectivity index (χ1) is 17.9. The molecule has 2 fully saturated rings. The molecule has 3 aliphatic heterocycles. The van der Waals surface area contributed by atoms with Crippen LogP contribution in [0.5, 0.6) is 11.5 Å². The monoisotopic (exact) mass is 570 g/mol. The van der Waals surface area contributed by atoms with Crippen molar-refractivity contribution in [1.82, 2.24) is 14.5 Å². The van der Waals surface area contributed by atoms with E-state index in [-0.39, 0.29) is 41.4 Å². The van der Waals surface area contributed by atoms with Crippen LogP contribution in [0.25, 0.3) is 0 Å². The van der Waals surface area contributed by atoms with Crippen molar-refractivity contribution >= 4 is 33.8 Å². The summed E-state index contributed by atoms with van der Waals surface area (Å²) < 4.78 is 36.3. The molecular weight excluding hydrogens is 536 g/mol. The third-order valence-electron chi connectivity index (χ3n) is 7.45. The quantitative estimate of drug-likeness (QED) is 0.272. The molecule has 1 aromatic carbocycles. The number of hydrogen-bond acceptors (Lipinski definition) is 9. The van der Waals surface area contributed by atoms with Crippen LogP contribution in [0.4, 0.5) is 0 Å². The molecule has 210 valence electrons. The Hall–Kier alpha value is -2.36. The van der Waals surface area contributed by atoms with Gasteiger partial charge >= 0.3 is 5.97 Å². The molecule has 4 rings (SSSR count). The Morgan fingerprint density at radius 2 is 1.97 bits per heavy atom. The Labute approximate surface area is 226 Å². The number of β-lactam (4-membered cyclic amide) rings is 1. The normalized spacial score (nSPS) is 28.3. The number of aliphatic hydroxyl groups is 1. The molecule has 1 aromatic rings. The number of rotatable bonds is 11. The summed E-state index contributed by atoms with van der Waals surface area (Å²) in [6.45, 7) is 4.57. The summed E-state index contributed by atoms with van der Waals surface area (Å²) in [6, 6.07) is 4.98. The average molecular weight is 571 g/mol. The smallest absolute Gasteiger partial charge is 0.353 e. The molecule has 12 nitrogen and oxygen atoms in total. The number of methoxy groups -OCH3 is 2. The van der Waals surface area contributed by atoms with E-state index in [1.807, 2.05) is 19.1 Å². The van der Waals surface area contributed by atoms with Gasteiger partial charge in [-0.25, -0.2) is 14.7 Å². The maximum atomic E-state index is 12.7. The minimum Gasteiger partial charge on any atom is -0.493 e. The standard InChI is InChI=1S/C24H34N4O8S2/c1-12-20-19(13(2)29)23(30)28(20)21(24(31)32)22(12)37-16-8-15(9-26-38(25,33)34)27(11-16)10-14-5-6-17(35-3)18(7-14)36-4/h5-7,12-13,15-16,19-20,26,29H,8-11H2,1-4H3,(H,31,32)(H2,25,33,34)/t12-,13-,15+,16+,19-,20-/m1/s1. The number of ether oxygens (including phenoxy) is 2. The number of aliphatic carboxylic acids is 1. The summed E-state index contributed by atoms with van der Waals surface area (Å²) in [7, 11) is -0.793. The fourth-order valence-electron chi connectivity index (χ4n) is 5.71. The summed E-state index contributed by atoms with van der Waals surface area (Å²) in [5, 5.41) is 25.2. The van der Waals surface area contributed by atoms with Crippen LogP contribution in [0.2, 0.25) is 0 Å². The minimum absolute atomic E-state index is 0.0213. The van der Waals surface area contributed by atoms with Crippen molar-refractivity contribution in [3.63, 3.8) is 0 Å². The topological polar surface area (TPSA) is 172 Å². The lowest BCUT2D eigenvalue weighted by atomic mass is 9.79. The number of carbonyl (C=O) groups is 2. The summed E-state index contributed by atoms with van der Waals surface area (Å²) in [6.07, 6.45) is -0.301. The van der Waals surface area contributed by atoms with Crippen LogP contribution < -0.4 is 19.3 Å². The van der Waals surface area contributed by atoms with Crippen molar-refractivity contribution in [2.24, 2.45) is 17.0 Å². The minimum atomic E-state index is -3.90. The summed E-state index contributed by atoms with van der Waals surface area (Å²) in [4.78, 5) is 28.9. The highest BCUT2D eigenvalue weighted by atomic mass is 32.2. The van der Waals surface area contributed by atoms with Crippen LogP contribution in [0.3, 0.4) is 0 Å². The lowest BCUT2D eigenvalue weighted by molar-refractivity contribution is -0.163. The van der Waals surface area contributed by atoms with E-state index in [0.29, 0.717) is 35.9 Å². The lowest BCUT2D eigenvalue weighted by Crippen LogP contribution is -2.63. The average Bonchev–Trinajstić information content (AvgIpc) is 3.33. The number of nitrogens with zero attached hydrogens (tertiary/aromatic N) is 2. The van der Waals surface area contributed by atoms with Crippen molar-refractivity contribution in [1.29, 1.82) is 0 Å². The van der Waals surface area contributed by atoms with E-state index < -0.39 is 28.2 Å². The molecule has 0 bridgehead atoms. The Morgan fingerprint density at radius 3 is 2.55 bits per heavy atom. The number of thioether (sulfide) groups is 1. The first-order valence-corrected chi connectivity index (χ1v) is 14.7.